The predicted octanol–water partition coefficient (Wildman–Crippen LogP) is 5.08. The van der Waals surface area contributed by atoms with Gasteiger partial charge in [-0.3, -0.25) is 14.9 Å². The number of nitrogens with zero attached hydrogens (tertiary/aromatic N) is 5. The second-order valence-corrected chi connectivity index (χ2v) is 9.30. The van der Waals surface area contributed by atoms with Crippen LogP contribution in [-0.2, 0) is 0 Å². The van der Waals surface area contributed by atoms with Gasteiger partial charge in [0, 0.05) is 49.9 Å². The third kappa shape index (κ3) is 5.23. The molecule has 1 saturated heterocycles. The van der Waals surface area contributed by atoms with Crippen molar-refractivity contribution >= 4 is 28.9 Å². The topological polar surface area (TPSA) is 103 Å². The minimum Gasteiger partial charge on any atom is -0.497 e. The van der Waals surface area contributed by atoms with Crippen LogP contribution in [0.15, 0.2) is 72.8 Å². The summed E-state index contributed by atoms with van der Waals surface area (Å²) < 4.78 is 12.4. The van der Waals surface area contributed by atoms with Gasteiger partial charge in [-0.1, -0.05) is 23.7 Å². The van der Waals surface area contributed by atoms with E-state index >= 15 is 0 Å². The zero-order valence-corrected chi connectivity index (χ0v) is 22.2. The summed E-state index contributed by atoms with van der Waals surface area (Å²) >= 11 is 6.38. The lowest BCUT2D eigenvalue weighted by atomic mass is 10.1. The molecule has 1 amide bonds. The Labute approximate surface area is 230 Å². The van der Waals surface area contributed by atoms with Gasteiger partial charge < -0.3 is 19.3 Å². The number of halogens is 1. The van der Waals surface area contributed by atoms with Crippen LogP contribution in [-0.4, -0.2) is 65.9 Å². The Morgan fingerprint density at radius 2 is 1.67 bits per heavy atom. The number of nitro groups is 1. The predicted molar refractivity (Wildman–Crippen MR) is 148 cm³/mol. The molecule has 1 fully saturated rings. The number of carbonyl (C=O) groups is 1. The van der Waals surface area contributed by atoms with Gasteiger partial charge in [-0.2, -0.15) is 5.10 Å². The Morgan fingerprint density at radius 1 is 0.949 bits per heavy atom. The summed E-state index contributed by atoms with van der Waals surface area (Å²) in [5.74, 6) is 0.964. The second-order valence-electron chi connectivity index (χ2n) is 8.90. The van der Waals surface area contributed by atoms with Crippen LogP contribution in [0.2, 0.25) is 5.02 Å². The maximum Gasteiger partial charge on any atom is 0.272 e. The number of hydrogen-bond acceptors (Lipinski definition) is 7. The number of para-hydroxylation sites is 1. The van der Waals surface area contributed by atoms with E-state index in [2.05, 4.69) is 4.90 Å². The van der Waals surface area contributed by atoms with Gasteiger partial charge in [0.1, 0.15) is 17.2 Å². The van der Waals surface area contributed by atoms with Crippen LogP contribution in [0.25, 0.3) is 16.9 Å². The van der Waals surface area contributed by atoms with Gasteiger partial charge in [-0.15, -0.1) is 0 Å². The number of piperazine rings is 1. The first-order valence-electron chi connectivity index (χ1n) is 12.3. The molecule has 3 aromatic carbocycles. The molecular formula is C28H26ClN5O5. The van der Waals surface area contributed by atoms with Gasteiger partial charge in [0.05, 0.1) is 41.2 Å². The van der Waals surface area contributed by atoms with Crippen molar-refractivity contribution in [1.29, 1.82) is 0 Å². The summed E-state index contributed by atoms with van der Waals surface area (Å²) in [5.41, 5.74) is 2.95. The molecule has 4 aromatic rings. The summed E-state index contributed by atoms with van der Waals surface area (Å²) in [6, 6.07) is 20.7. The number of non-ortho nitro benzene ring substituents is 1. The molecule has 1 aliphatic heterocycles. The van der Waals surface area contributed by atoms with E-state index in [0.717, 1.165) is 5.69 Å². The maximum atomic E-state index is 13.8. The van der Waals surface area contributed by atoms with Gasteiger partial charge in [-0.25, -0.2) is 4.68 Å². The van der Waals surface area contributed by atoms with Crippen molar-refractivity contribution in [3.05, 3.63) is 93.6 Å². The Kier molecular flexibility index (Phi) is 7.38. The Balaban J connectivity index is 1.49. The second kappa shape index (κ2) is 11.0. The standard InChI is InChI=1S/C28H26ClN5O5/c1-38-21-11-12-22(27(17-21)39-2)24-18-26(33(30-24)19-7-9-20(10-8-19)34(36)37)28(35)32-15-13-31(14-16-32)25-6-4-3-5-23(25)29/h3-12,17-18H,13-16H2,1-2H3. The first-order chi connectivity index (χ1) is 18.9. The van der Waals surface area contributed by atoms with E-state index in [0.29, 0.717) is 65.3 Å². The molecule has 1 aromatic heterocycles. The fourth-order valence-corrected chi connectivity index (χ4v) is 4.86. The maximum absolute atomic E-state index is 13.8. The number of amides is 1. The van der Waals surface area contributed by atoms with Crippen molar-refractivity contribution < 1.29 is 19.2 Å². The first kappa shape index (κ1) is 26.1. The van der Waals surface area contributed by atoms with E-state index < -0.39 is 4.92 Å². The van der Waals surface area contributed by atoms with Crippen LogP contribution in [0, 0.1) is 10.1 Å². The highest BCUT2D eigenvalue weighted by Gasteiger charge is 2.27. The average molecular weight is 548 g/mol. The lowest BCUT2D eigenvalue weighted by Gasteiger charge is -2.36. The highest BCUT2D eigenvalue weighted by atomic mass is 35.5. The van der Waals surface area contributed by atoms with Gasteiger partial charge >= 0.3 is 0 Å². The summed E-state index contributed by atoms with van der Waals surface area (Å²) in [4.78, 5) is 28.5. The minimum absolute atomic E-state index is 0.0495. The lowest BCUT2D eigenvalue weighted by Crippen LogP contribution is -2.49. The number of rotatable bonds is 7. The molecule has 0 atom stereocenters. The van der Waals surface area contributed by atoms with E-state index in [-0.39, 0.29) is 11.6 Å². The minimum atomic E-state index is -0.467. The van der Waals surface area contributed by atoms with Crippen LogP contribution in [0.1, 0.15) is 10.5 Å². The van der Waals surface area contributed by atoms with E-state index in [1.807, 2.05) is 30.3 Å². The summed E-state index contributed by atoms with van der Waals surface area (Å²) in [6.07, 6.45) is 0. The molecule has 0 saturated carbocycles. The third-order valence-electron chi connectivity index (χ3n) is 6.68. The smallest absolute Gasteiger partial charge is 0.272 e. The summed E-state index contributed by atoms with van der Waals surface area (Å²) in [6.45, 7) is 2.24. The molecule has 0 bridgehead atoms. The van der Waals surface area contributed by atoms with E-state index in [1.54, 1.807) is 49.5 Å². The van der Waals surface area contributed by atoms with Crippen LogP contribution in [0.5, 0.6) is 11.5 Å². The van der Waals surface area contributed by atoms with Crippen LogP contribution in [0.3, 0.4) is 0 Å². The van der Waals surface area contributed by atoms with Gasteiger partial charge in [0.2, 0.25) is 0 Å². The average Bonchev–Trinajstić information content (AvgIpc) is 3.42. The van der Waals surface area contributed by atoms with Crippen LogP contribution in [0.4, 0.5) is 11.4 Å². The van der Waals surface area contributed by atoms with E-state index in [1.165, 1.54) is 16.8 Å². The van der Waals surface area contributed by atoms with Crippen LogP contribution >= 0.6 is 11.6 Å². The quantitative estimate of drug-likeness (QED) is 0.235. The number of benzene rings is 3. The molecule has 0 radical (unpaired) electrons. The molecule has 39 heavy (non-hydrogen) atoms. The fourth-order valence-electron chi connectivity index (χ4n) is 4.61. The Bertz CT molecular complexity index is 1510. The normalized spacial score (nSPS) is 13.3. The highest BCUT2D eigenvalue weighted by Crippen LogP contribution is 2.34. The molecule has 0 unspecified atom stereocenters. The van der Waals surface area contributed by atoms with Crippen molar-refractivity contribution in [2.45, 2.75) is 0 Å². The zero-order chi connectivity index (χ0) is 27.5. The van der Waals surface area contributed by atoms with Crippen molar-refractivity contribution in [3.63, 3.8) is 0 Å². The van der Waals surface area contributed by atoms with Gasteiger partial charge in [-0.05, 0) is 42.5 Å². The molecule has 10 nitrogen and oxygen atoms in total. The van der Waals surface area contributed by atoms with Crippen molar-refractivity contribution in [2.75, 3.05) is 45.3 Å². The van der Waals surface area contributed by atoms with E-state index in [9.17, 15) is 14.9 Å². The number of nitro benzene ring substituents is 1. The number of hydrogen-bond donors (Lipinski definition) is 0. The third-order valence-corrected chi connectivity index (χ3v) is 7.00. The molecule has 200 valence electrons. The number of carbonyl (C=O) groups excluding carboxylic acids is 1. The molecule has 2 heterocycles. The summed E-state index contributed by atoms with van der Waals surface area (Å²) in [5, 5.41) is 16.6. The highest BCUT2D eigenvalue weighted by molar-refractivity contribution is 6.33. The van der Waals surface area contributed by atoms with Crippen molar-refractivity contribution in [3.8, 4) is 28.4 Å². The zero-order valence-electron chi connectivity index (χ0n) is 21.4. The van der Waals surface area contributed by atoms with Crippen LogP contribution < -0.4 is 14.4 Å². The molecule has 0 spiro atoms. The SMILES string of the molecule is COc1ccc(-c2cc(C(=O)N3CCN(c4ccccc4Cl)CC3)n(-c3ccc([N+](=O)[O-])cc3)n2)c(OC)c1. The monoisotopic (exact) mass is 547 g/mol. The lowest BCUT2D eigenvalue weighted by molar-refractivity contribution is -0.384. The fraction of sp³-hybridized carbons (Fsp3) is 0.214. The van der Waals surface area contributed by atoms with E-state index in [4.69, 9.17) is 26.2 Å². The first-order valence-corrected chi connectivity index (χ1v) is 12.6. The number of methoxy groups -OCH3 is 2. The molecular weight excluding hydrogens is 522 g/mol. The molecule has 0 aliphatic carbocycles. The van der Waals surface area contributed by atoms with Crippen molar-refractivity contribution in [2.24, 2.45) is 0 Å². The molecule has 11 heteroatoms. The summed E-state index contributed by atoms with van der Waals surface area (Å²) in [7, 11) is 3.12. The molecule has 5 rings (SSSR count). The Morgan fingerprint density at radius 3 is 2.31 bits per heavy atom. The molecule has 1 aliphatic rings. The number of anilines is 1. The molecule has 0 N–H and O–H groups in total. The van der Waals surface area contributed by atoms with Crippen molar-refractivity contribution in [1.82, 2.24) is 14.7 Å². The Hall–Kier alpha value is -4.57. The van der Waals surface area contributed by atoms with Gasteiger partial charge in [0.25, 0.3) is 11.6 Å². The largest absolute Gasteiger partial charge is 0.497 e. The number of ether oxygens (including phenoxy) is 2. The number of aromatic nitrogens is 2. The van der Waals surface area contributed by atoms with Gasteiger partial charge in [0.15, 0.2) is 0 Å².